The highest BCUT2D eigenvalue weighted by Crippen LogP contribution is 2.42. The molecule has 64 valence electrons. The van der Waals surface area contributed by atoms with E-state index in [4.69, 9.17) is 4.74 Å². The zero-order chi connectivity index (χ0) is 8.32. The Morgan fingerprint density at radius 3 is 2.45 bits per heavy atom. The number of thioether (sulfide) groups is 2. The summed E-state index contributed by atoms with van der Waals surface area (Å²) in [4.78, 5) is 11.2. The minimum absolute atomic E-state index is 0.104. The van der Waals surface area contributed by atoms with Crippen molar-refractivity contribution < 1.29 is 9.53 Å². The molecule has 0 bridgehead atoms. The number of ether oxygens (including phenoxy) is 1. The second kappa shape index (κ2) is 3.72. The first-order chi connectivity index (χ1) is 5.19. The fourth-order valence-corrected chi connectivity index (χ4v) is 3.71. The van der Waals surface area contributed by atoms with Crippen molar-refractivity contribution in [3.8, 4) is 0 Å². The van der Waals surface area contributed by atoms with Crippen LogP contribution < -0.4 is 0 Å². The van der Waals surface area contributed by atoms with Crippen LogP contribution in [0.4, 0.5) is 0 Å². The standard InChI is InChI=1S/C7H12O2S2/c1-7(6(8)9-2)10-4-3-5-11-7/h3-5H2,1-2H3. The quantitative estimate of drug-likeness (QED) is 0.591. The third kappa shape index (κ3) is 2.06. The van der Waals surface area contributed by atoms with Crippen molar-refractivity contribution >= 4 is 29.5 Å². The summed E-state index contributed by atoms with van der Waals surface area (Å²) in [6.45, 7) is 1.94. The van der Waals surface area contributed by atoms with Gasteiger partial charge in [-0.1, -0.05) is 0 Å². The lowest BCUT2D eigenvalue weighted by Crippen LogP contribution is -2.32. The summed E-state index contributed by atoms with van der Waals surface area (Å²) < 4.78 is 4.37. The number of hydrogen-bond donors (Lipinski definition) is 0. The maximum atomic E-state index is 11.2. The molecule has 2 nitrogen and oxygen atoms in total. The largest absolute Gasteiger partial charge is 0.467 e. The molecule has 1 heterocycles. The van der Waals surface area contributed by atoms with Gasteiger partial charge < -0.3 is 4.74 Å². The number of methoxy groups -OCH3 is 1. The summed E-state index contributed by atoms with van der Waals surface area (Å²) in [5, 5.41) is 0. The Morgan fingerprint density at radius 1 is 1.45 bits per heavy atom. The Hall–Kier alpha value is 0.170. The van der Waals surface area contributed by atoms with E-state index in [1.807, 2.05) is 6.92 Å². The average molecular weight is 192 g/mol. The van der Waals surface area contributed by atoms with Gasteiger partial charge in [0.15, 0.2) is 4.08 Å². The number of esters is 1. The highest BCUT2D eigenvalue weighted by atomic mass is 32.2. The monoisotopic (exact) mass is 192 g/mol. The number of hydrogen-bond acceptors (Lipinski definition) is 4. The molecule has 1 fully saturated rings. The number of carbonyl (C=O) groups is 1. The van der Waals surface area contributed by atoms with Crippen molar-refractivity contribution in [2.24, 2.45) is 0 Å². The van der Waals surface area contributed by atoms with Gasteiger partial charge in [-0.05, 0) is 24.9 Å². The van der Waals surface area contributed by atoms with Gasteiger partial charge in [-0.3, -0.25) is 0 Å². The molecule has 0 N–H and O–H groups in total. The van der Waals surface area contributed by atoms with Crippen LogP contribution in [0, 0.1) is 0 Å². The molecule has 0 amide bonds. The van der Waals surface area contributed by atoms with Gasteiger partial charge >= 0.3 is 5.97 Å². The van der Waals surface area contributed by atoms with E-state index in [0.717, 1.165) is 11.5 Å². The molecule has 0 aromatic carbocycles. The maximum Gasteiger partial charge on any atom is 0.331 e. The minimum atomic E-state index is -0.340. The van der Waals surface area contributed by atoms with Gasteiger partial charge in [0.2, 0.25) is 0 Å². The van der Waals surface area contributed by atoms with Crippen LogP contribution in [0.1, 0.15) is 13.3 Å². The minimum Gasteiger partial charge on any atom is -0.467 e. The van der Waals surface area contributed by atoms with Crippen molar-refractivity contribution in [2.45, 2.75) is 17.4 Å². The second-order valence-corrected chi connectivity index (χ2v) is 5.77. The molecule has 0 saturated carbocycles. The van der Waals surface area contributed by atoms with Gasteiger partial charge in [0.1, 0.15) is 0 Å². The highest BCUT2D eigenvalue weighted by Gasteiger charge is 2.37. The molecule has 0 aromatic heterocycles. The van der Waals surface area contributed by atoms with Crippen molar-refractivity contribution in [2.75, 3.05) is 18.6 Å². The van der Waals surface area contributed by atoms with Gasteiger partial charge in [0, 0.05) is 0 Å². The summed E-state index contributed by atoms with van der Waals surface area (Å²) in [6, 6.07) is 0. The summed E-state index contributed by atoms with van der Waals surface area (Å²) >= 11 is 3.37. The fourth-order valence-electron chi connectivity index (χ4n) is 0.938. The molecule has 1 aliphatic heterocycles. The van der Waals surface area contributed by atoms with Crippen LogP contribution >= 0.6 is 23.5 Å². The van der Waals surface area contributed by atoms with E-state index in [2.05, 4.69) is 0 Å². The van der Waals surface area contributed by atoms with Gasteiger partial charge in [0.05, 0.1) is 7.11 Å². The summed E-state index contributed by atoms with van der Waals surface area (Å²) in [5.74, 6) is 2.03. The van der Waals surface area contributed by atoms with E-state index in [1.54, 1.807) is 23.5 Å². The lowest BCUT2D eigenvalue weighted by molar-refractivity contribution is -0.140. The zero-order valence-corrected chi connectivity index (χ0v) is 8.39. The van der Waals surface area contributed by atoms with Crippen molar-refractivity contribution in [3.05, 3.63) is 0 Å². The molecular formula is C7H12O2S2. The summed E-state index contributed by atoms with van der Waals surface area (Å²) in [5.41, 5.74) is 0. The Balaban J connectivity index is 2.56. The van der Waals surface area contributed by atoms with Crippen molar-refractivity contribution in [1.29, 1.82) is 0 Å². The van der Waals surface area contributed by atoms with Crippen molar-refractivity contribution in [3.63, 3.8) is 0 Å². The topological polar surface area (TPSA) is 26.3 Å². The fraction of sp³-hybridized carbons (Fsp3) is 0.857. The molecule has 1 saturated heterocycles. The van der Waals surface area contributed by atoms with Gasteiger partial charge in [0.25, 0.3) is 0 Å². The molecule has 1 aliphatic rings. The van der Waals surface area contributed by atoms with E-state index in [-0.39, 0.29) is 10.0 Å². The lowest BCUT2D eigenvalue weighted by Gasteiger charge is -2.28. The van der Waals surface area contributed by atoms with Crippen molar-refractivity contribution in [1.82, 2.24) is 0 Å². The molecular weight excluding hydrogens is 180 g/mol. The van der Waals surface area contributed by atoms with E-state index in [0.29, 0.717) is 0 Å². The molecule has 1 rings (SSSR count). The number of carbonyl (C=O) groups excluding carboxylic acids is 1. The predicted molar refractivity (Wildman–Crippen MR) is 50.0 cm³/mol. The van der Waals surface area contributed by atoms with E-state index in [9.17, 15) is 4.79 Å². The normalized spacial score (nSPS) is 22.7. The first-order valence-corrected chi connectivity index (χ1v) is 5.52. The Bertz CT molecular complexity index is 153. The van der Waals surface area contributed by atoms with Crippen LogP contribution in [0.15, 0.2) is 0 Å². The third-order valence-electron chi connectivity index (χ3n) is 1.60. The molecule has 0 radical (unpaired) electrons. The first kappa shape index (κ1) is 9.26. The summed E-state index contributed by atoms with van der Waals surface area (Å²) in [6.07, 6.45) is 1.20. The smallest absolute Gasteiger partial charge is 0.331 e. The Morgan fingerprint density at radius 2 is 2.00 bits per heavy atom. The maximum absolute atomic E-state index is 11.2. The van der Waals surface area contributed by atoms with E-state index in [1.165, 1.54) is 13.5 Å². The van der Waals surface area contributed by atoms with Crippen LogP contribution in [-0.4, -0.2) is 28.7 Å². The van der Waals surface area contributed by atoms with Crippen LogP contribution in [0.2, 0.25) is 0 Å². The van der Waals surface area contributed by atoms with Crippen LogP contribution in [-0.2, 0) is 9.53 Å². The van der Waals surface area contributed by atoms with Crippen LogP contribution in [0.3, 0.4) is 0 Å². The van der Waals surface area contributed by atoms with E-state index < -0.39 is 0 Å². The van der Waals surface area contributed by atoms with Gasteiger partial charge in [-0.25, -0.2) is 4.79 Å². The second-order valence-electron chi connectivity index (χ2n) is 2.49. The molecule has 0 spiro atoms. The Kier molecular flexibility index (Phi) is 3.13. The van der Waals surface area contributed by atoms with E-state index >= 15 is 0 Å². The molecule has 0 unspecified atom stereocenters. The molecule has 0 atom stereocenters. The molecule has 0 aliphatic carbocycles. The van der Waals surface area contributed by atoms with Crippen LogP contribution in [0.5, 0.6) is 0 Å². The first-order valence-electron chi connectivity index (χ1n) is 3.55. The molecule has 0 aromatic rings. The highest BCUT2D eigenvalue weighted by molar-refractivity contribution is 8.19. The summed E-state index contributed by atoms with van der Waals surface area (Å²) in [7, 11) is 1.45. The van der Waals surface area contributed by atoms with Crippen LogP contribution in [0.25, 0.3) is 0 Å². The predicted octanol–water partition coefficient (Wildman–Crippen LogP) is 1.75. The Labute approximate surface area is 75.4 Å². The molecule has 4 heteroatoms. The van der Waals surface area contributed by atoms with Gasteiger partial charge in [-0.2, -0.15) is 0 Å². The molecule has 11 heavy (non-hydrogen) atoms. The van der Waals surface area contributed by atoms with Gasteiger partial charge in [-0.15, -0.1) is 23.5 Å². The lowest BCUT2D eigenvalue weighted by atomic mass is 10.5. The third-order valence-corrected chi connectivity index (χ3v) is 4.73. The SMILES string of the molecule is COC(=O)C1(C)SCCCS1. The zero-order valence-electron chi connectivity index (χ0n) is 6.75. The number of rotatable bonds is 1. The average Bonchev–Trinajstić information content (AvgIpc) is 2.04.